The third-order valence-corrected chi connectivity index (χ3v) is 8.24. The van der Waals surface area contributed by atoms with Crippen LogP contribution in [0.3, 0.4) is 0 Å². The van der Waals surface area contributed by atoms with E-state index in [1.165, 1.54) is 101 Å². The second-order valence-corrected chi connectivity index (χ2v) is 12.0. The standard InChI is InChI=1S/C34H61FN2O6/c1-4-6-7-8-9-10-11-12-13-14-15-16-17-18-21-26(3)28(37-30(38)23-19-22-27(35)20-5-2)25-42-34-33(41)32(40)31(39)29(24-36)43-34/h5,19-20,22,26,28-29,31-34,39-41H,2,4,6-18,21,23-25,36H2,1,3H3,(H,37,38). The first-order valence-electron chi connectivity index (χ1n) is 16.7. The number of amides is 1. The van der Waals surface area contributed by atoms with Crippen molar-refractivity contribution in [1.82, 2.24) is 5.32 Å². The minimum absolute atomic E-state index is 0.0107. The van der Waals surface area contributed by atoms with Crippen molar-refractivity contribution in [3.05, 3.63) is 36.7 Å². The van der Waals surface area contributed by atoms with Crippen LogP contribution in [0, 0.1) is 5.92 Å². The van der Waals surface area contributed by atoms with E-state index in [1.807, 2.05) is 6.92 Å². The number of halogens is 1. The molecule has 0 aromatic heterocycles. The highest BCUT2D eigenvalue weighted by molar-refractivity contribution is 5.77. The van der Waals surface area contributed by atoms with Gasteiger partial charge in [-0.15, -0.1) is 0 Å². The summed E-state index contributed by atoms with van der Waals surface area (Å²) >= 11 is 0. The van der Waals surface area contributed by atoms with Crippen molar-refractivity contribution in [2.75, 3.05) is 13.2 Å². The number of allylic oxidation sites excluding steroid dienone is 4. The van der Waals surface area contributed by atoms with Crippen LogP contribution >= 0.6 is 0 Å². The van der Waals surface area contributed by atoms with E-state index in [9.17, 15) is 24.5 Å². The molecule has 1 fully saturated rings. The fourth-order valence-electron chi connectivity index (χ4n) is 5.37. The topological polar surface area (TPSA) is 134 Å². The van der Waals surface area contributed by atoms with Crippen molar-refractivity contribution >= 4 is 5.91 Å². The minimum atomic E-state index is -1.46. The highest BCUT2D eigenvalue weighted by atomic mass is 19.1. The van der Waals surface area contributed by atoms with Gasteiger partial charge in [0, 0.05) is 13.0 Å². The monoisotopic (exact) mass is 612 g/mol. The Kier molecular flexibility index (Phi) is 22.6. The first kappa shape index (κ1) is 39.4. The lowest BCUT2D eigenvalue weighted by atomic mass is 9.94. The first-order valence-corrected chi connectivity index (χ1v) is 16.7. The Hall–Kier alpha value is -1.62. The average molecular weight is 613 g/mol. The van der Waals surface area contributed by atoms with Gasteiger partial charge in [-0.3, -0.25) is 4.79 Å². The fraction of sp³-hybridized carbons (Fsp3) is 0.794. The molecule has 0 aromatic carbocycles. The molecule has 7 atom stereocenters. The second kappa shape index (κ2) is 24.7. The molecular weight excluding hydrogens is 551 g/mol. The van der Waals surface area contributed by atoms with Crippen LogP contribution < -0.4 is 11.1 Å². The summed E-state index contributed by atoms with van der Waals surface area (Å²) in [5.74, 6) is -0.721. The molecule has 1 aliphatic rings. The van der Waals surface area contributed by atoms with Crippen LogP contribution in [0.15, 0.2) is 36.7 Å². The van der Waals surface area contributed by atoms with Gasteiger partial charge in [0.25, 0.3) is 0 Å². The SMILES string of the molecule is C=CC=C(F)C=CCC(=O)NC(COC1OC(CN)C(O)C(O)C1O)C(C)CCCCCCCCCCCCCCCC. The number of rotatable bonds is 25. The summed E-state index contributed by atoms with van der Waals surface area (Å²) in [7, 11) is 0. The summed E-state index contributed by atoms with van der Waals surface area (Å²) in [6, 6.07) is -0.396. The number of hydrogen-bond acceptors (Lipinski definition) is 7. The Morgan fingerprint density at radius 2 is 1.51 bits per heavy atom. The van der Waals surface area contributed by atoms with Gasteiger partial charge in [-0.25, -0.2) is 4.39 Å². The summed E-state index contributed by atoms with van der Waals surface area (Å²) in [4.78, 5) is 12.7. The number of aliphatic hydroxyl groups is 3. The van der Waals surface area contributed by atoms with Gasteiger partial charge >= 0.3 is 0 Å². The number of nitrogens with two attached hydrogens (primary N) is 1. The Labute approximate surface area is 260 Å². The van der Waals surface area contributed by atoms with Gasteiger partial charge < -0.3 is 35.8 Å². The van der Waals surface area contributed by atoms with Crippen molar-refractivity contribution < 1.29 is 34.0 Å². The van der Waals surface area contributed by atoms with Gasteiger partial charge in [-0.05, 0) is 24.5 Å². The average Bonchev–Trinajstić information content (AvgIpc) is 2.99. The predicted octanol–water partition coefficient (Wildman–Crippen LogP) is 5.75. The molecule has 9 heteroatoms. The summed E-state index contributed by atoms with van der Waals surface area (Å²) in [5, 5.41) is 33.6. The third-order valence-electron chi connectivity index (χ3n) is 8.24. The lowest BCUT2D eigenvalue weighted by molar-refractivity contribution is -0.296. The molecule has 0 aliphatic carbocycles. The Balaban J connectivity index is 2.49. The molecule has 0 aromatic rings. The predicted molar refractivity (Wildman–Crippen MR) is 171 cm³/mol. The van der Waals surface area contributed by atoms with Crippen molar-refractivity contribution in [2.24, 2.45) is 11.7 Å². The van der Waals surface area contributed by atoms with Crippen molar-refractivity contribution in [2.45, 2.75) is 153 Å². The van der Waals surface area contributed by atoms with Crippen LogP contribution in [0.4, 0.5) is 4.39 Å². The van der Waals surface area contributed by atoms with Gasteiger partial charge in [-0.1, -0.05) is 122 Å². The summed E-state index contributed by atoms with van der Waals surface area (Å²) in [6.07, 6.45) is 17.8. The molecule has 1 heterocycles. The maximum Gasteiger partial charge on any atom is 0.224 e. The first-order chi connectivity index (χ1) is 20.7. The highest BCUT2D eigenvalue weighted by Gasteiger charge is 2.44. The summed E-state index contributed by atoms with van der Waals surface area (Å²) in [6.45, 7) is 7.72. The van der Waals surface area contributed by atoms with E-state index >= 15 is 0 Å². The second-order valence-electron chi connectivity index (χ2n) is 12.0. The quantitative estimate of drug-likeness (QED) is 0.0655. The molecule has 1 amide bonds. The molecule has 6 N–H and O–H groups in total. The molecule has 1 rings (SSSR count). The minimum Gasteiger partial charge on any atom is -0.388 e. The molecule has 0 saturated carbocycles. The molecule has 7 unspecified atom stereocenters. The van der Waals surface area contributed by atoms with E-state index < -0.39 is 42.6 Å². The zero-order valence-corrected chi connectivity index (χ0v) is 26.8. The van der Waals surface area contributed by atoms with Crippen LogP contribution in [0.5, 0.6) is 0 Å². The van der Waals surface area contributed by atoms with Crippen LogP contribution in [0.1, 0.15) is 117 Å². The van der Waals surface area contributed by atoms with Crippen molar-refractivity contribution in [1.29, 1.82) is 0 Å². The van der Waals surface area contributed by atoms with Crippen LogP contribution in [0.25, 0.3) is 0 Å². The molecule has 8 nitrogen and oxygen atoms in total. The number of carbonyl (C=O) groups is 1. The van der Waals surface area contributed by atoms with E-state index in [4.69, 9.17) is 15.2 Å². The highest BCUT2D eigenvalue weighted by Crippen LogP contribution is 2.23. The number of carbonyl (C=O) groups excluding carboxylic acids is 1. The van der Waals surface area contributed by atoms with Crippen LogP contribution in [0.2, 0.25) is 0 Å². The number of hydrogen-bond donors (Lipinski definition) is 5. The van der Waals surface area contributed by atoms with Crippen LogP contribution in [-0.4, -0.2) is 71.1 Å². The smallest absolute Gasteiger partial charge is 0.224 e. The lowest BCUT2D eigenvalue weighted by Crippen LogP contribution is -2.60. The molecule has 43 heavy (non-hydrogen) atoms. The molecule has 0 radical (unpaired) electrons. The summed E-state index contributed by atoms with van der Waals surface area (Å²) in [5.41, 5.74) is 5.63. The maximum absolute atomic E-state index is 13.6. The zero-order chi connectivity index (χ0) is 31.9. The molecule has 1 saturated heterocycles. The van der Waals surface area contributed by atoms with Crippen molar-refractivity contribution in [3.8, 4) is 0 Å². The lowest BCUT2D eigenvalue weighted by Gasteiger charge is -2.40. The number of aliphatic hydroxyl groups excluding tert-OH is 3. The number of ether oxygens (including phenoxy) is 2. The van der Waals surface area contributed by atoms with Crippen LogP contribution in [-0.2, 0) is 14.3 Å². The third kappa shape index (κ3) is 17.5. The maximum atomic E-state index is 13.6. The van der Waals surface area contributed by atoms with Gasteiger partial charge in [0.1, 0.15) is 30.2 Å². The molecule has 0 bridgehead atoms. The van der Waals surface area contributed by atoms with Crippen molar-refractivity contribution in [3.63, 3.8) is 0 Å². The fourth-order valence-corrected chi connectivity index (χ4v) is 5.37. The van der Waals surface area contributed by atoms with E-state index in [0.29, 0.717) is 0 Å². The van der Waals surface area contributed by atoms with E-state index in [-0.39, 0.29) is 31.4 Å². The van der Waals surface area contributed by atoms with E-state index in [2.05, 4.69) is 18.8 Å². The van der Waals surface area contributed by atoms with Gasteiger partial charge in [0.15, 0.2) is 6.29 Å². The van der Waals surface area contributed by atoms with Gasteiger partial charge in [0.2, 0.25) is 5.91 Å². The molecule has 250 valence electrons. The molecule has 1 aliphatic heterocycles. The largest absolute Gasteiger partial charge is 0.388 e. The zero-order valence-electron chi connectivity index (χ0n) is 26.8. The Bertz CT molecular complexity index is 793. The normalized spacial score (nSPS) is 24.3. The molecule has 0 spiro atoms. The van der Waals surface area contributed by atoms with E-state index in [0.717, 1.165) is 19.3 Å². The van der Waals surface area contributed by atoms with Gasteiger partial charge in [0.05, 0.1) is 12.6 Å². The number of unbranched alkanes of at least 4 members (excludes halogenated alkanes) is 13. The summed E-state index contributed by atoms with van der Waals surface area (Å²) < 4.78 is 25.0. The number of nitrogens with one attached hydrogen (secondary N) is 1. The Morgan fingerprint density at radius 1 is 0.953 bits per heavy atom. The Morgan fingerprint density at radius 3 is 2.05 bits per heavy atom. The van der Waals surface area contributed by atoms with Gasteiger partial charge in [-0.2, -0.15) is 0 Å². The molecular formula is C34H61FN2O6. The van der Waals surface area contributed by atoms with E-state index in [1.54, 1.807) is 0 Å².